The molecule has 0 saturated heterocycles. The Morgan fingerprint density at radius 3 is 2.29 bits per heavy atom. The van der Waals surface area contributed by atoms with Gasteiger partial charge in [0.15, 0.2) is 0 Å². The number of hydrogen-bond donors (Lipinski definition) is 1. The number of anilines is 1. The maximum atomic E-state index is 3.16. The zero-order valence-electron chi connectivity index (χ0n) is 9.38. The first-order valence-corrected chi connectivity index (χ1v) is 5.15. The third-order valence-electron chi connectivity index (χ3n) is 2.34. The van der Waals surface area contributed by atoms with Gasteiger partial charge in [-0.3, -0.25) is 0 Å². The molecule has 14 heavy (non-hydrogen) atoms. The Bertz CT molecular complexity index is 252. The average Bonchev–Trinajstić information content (AvgIpc) is 2.19. The first-order chi connectivity index (χ1) is 6.74. The van der Waals surface area contributed by atoms with E-state index in [9.17, 15) is 0 Å². The number of nitrogens with zero attached hydrogens (tertiary/aromatic N) is 1. The zero-order valence-corrected chi connectivity index (χ0v) is 9.38. The Labute approximate surface area is 86.9 Å². The molecule has 0 unspecified atom stereocenters. The van der Waals surface area contributed by atoms with E-state index in [0.29, 0.717) is 0 Å². The summed E-state index contributed by atoms with van der Waals surface area (Å²) in [5, 5.41) is 3.16. The van der Waals surface area contributed by atoms with E-state index in [-0.39, 0.29) is 0 Å². The summed E-state index contributed by atoms with van der Waals surface area (Å²) >= 11 is 0. The molecule has 0 aliphatic carbocycles. The van der Waals surface area contributed by atoms with Gasteiger partial charge in [0, 0.05) is 19.8 Å². The Balaban J connectivity index is 2.47. The van der Waals surface area contributed by atoms with Crippen molar-refractivity contribution < 1.29 is 0 Å². The zero-order chi connectivity index (χ0) is 10.4. The number of aryl methyl sites for hydroxylation is 1. The second kappa shape index (κ2) is 5.66. The molecule has 2 nitrogen and oxygen atoms in total. The van der Waals surface area contributed by atoms with E-state index in [2.05, 4.69) is 48.6 Å². The predicted octanol–water partition coefficient (Wildman–Crippen LogP) is 1.90. The van der Waals surface area contributed by atoms with Crippen molar-refractivity contribution in [3.8, 4) is 0 Å². The monoisotopic (exact) mass is 192 g/mol. The molecule has 0 saturated carbocycles. The van der Waals surface area contributed by atoms with Gasteiger partial charge in [-0.2, -0.15) is 0 Å². The van der Waals surface area contributed by atoms with Crippen molar-refractivity contribution in [2.45, 2.75) is 12.8 Å². The predicted molar refractivity (Wildman–Crippen MR) is 63.0 cm³/mol. The van der Waals surface area contributed by atoms with Gasteiger partial charge in [0.05, 0.1) is 0 Å². The van der Waals surface area contributed by atoms with Crippen LogP contribution in [0.3, 0.4) is 0 Å². The van der Waals surface area contributed by atoms with Crippen LogP contribution in [0.15, 0.2) is 24.3 Å². The minimum Gasteiger partial charge on any atom is -0.378 e. The van der Waals surface area contributed by atoms with Crippen molar-refractivity contribution in [1.82, 2.24) is 5.32 Å². The Hall–Kier alpha value is -1.02. The molecule has 1 rings (SSSR count). The third kappa shape index (κ3) is 3.38. The molecule has 0 heterocycles. The summed E-state index contributed by atoms with van der Waals surface area (Å²) in [4.78, 5) is 2.12. The number of benzene rings is 1. The van der Waals surface area contributed by atoms with Gasteiger partial charge >= 0.3 is 0 Å². The smallest absolute Gasteiger partial charge is 0.0361 e. The molecule has 0 radical (unpaired) electrons. The van der Waals surface area contributed by atoms with Crippen LogP contribution in [0, 0.1) is 0 Å². The summed E-state index contributed by atoms with van der Waals surface area (Å²) in [7, 11) is 6.13. The van der Waals surface area contributed by atoms with Crippen LogP contribution >= 0.6 is 0 Å². The maximum Gasteiger partial charge on any atom is 0.0361 e. The van der Waals surface area contributed by atoms with Crippen LogP contribution in [-0.4, -0.2) is 27.7 Å². The van der Waals surface area contributed by atoms with Crippen LogP contribution in [0.5, 0.6) is 0 Å². The molecular formula is C12H20N2. The highest BCUT2D eigenvalue weighted by Gasteiger charge is 1.95. The van der Waals surface area contributed by atoms with Crippen molar-refractivity contribution in [3.63, 3.8) is 0 Å². The van der Waals surface area contributed by atoms with E-state index < -0.39 is 0 Å². The van der Waals surface area contributed by atoms with Crippen molar-refractivity contribution >= 4 is 5.69 Å². The van der Waals surface area contributed by atoms with Gasteiger partial charge in [0.25, 0.3) is 0 Å². The molecule has 2 heteroatoms. The lowest BCUT2D eigenvalue weighted by molar-refractivity contribution is 0.725. The van der Waals surface area contributed by atoms with Gasteiger partial charge in [-0.1, -0.05) is 12.1 Å². The fourth-order valence-electron chi connectivity index (χ4n) is 1.43. The molecule has 0 bridgehead atoms. The molecule has 0 aliphatic rings. The van der Waals surface area contributed by atoms with Crippen LogP contribution in [-0.2, 0) is 6.42 Å². The van der Waals surface area contributed by atoms with Crippen molar-refractivity contribution in [2.75, 3.05) is 32.6 Å². The lowest BCUT2D eigenvalue weighted by atomic mass is 10.1. The molecule has 1 aromatic rings. The van der Waals surface area contributed by atoms with E-state index in [0.717, 1.165) is 13.0 Å². The molecule has 0 amide bonds. The van der Waals surface area contributed by atoms with E-state index in [4.69, 9.17) is 0 Å². The van der Waals surface area contributed by atoms with Crippen LogP contribution in [0.1, 0.15) is 12.0 Å². The van der Waals surface area contributed by atoms with Crippen LogP contribution in [0.2, 0.25) is 0 Å². The largest absolute Gasteiger partial charge is 0.378 e. The molecular weight excluding hydrogens is 172 g/mol. The van der Waals surface area contributed by atoms with Crippen molar-refractivity contribution in [2.24, 2.45) is 0 Å². The van der Waals surface area contributed by atoms with Gasteiger partial charge < -0.3 is 10.2 Å². The Morgan fingerprint density at radius 2 is 1.79 bits per heavy atom. The van der Waals surface area contributed by atoms with E-state index in [1.165, 1.54) is 17.7 Å². The van der Waals surface area contributed by atoms with Gasteiger partial charge in [-0.15, -0.1) is 0 Å². The minimum absolute atomic E-state index is 1.09. The molecule has 78 valence electrons. The highest BCUT2D eigenvalue weighted by atomic mass is 15.1. The quantitative estimate of drug-likeness (QED) is 0.717. The summed E-state index contributed by atoms with van der Waals surface area (Å²) < 4.78 is 0. The molecule has 0 fully saturated rings. The second-order valence-corrected chi connectivity index (χ2v) is 3.77. The highest BCUT2D eigenvalue weighted by Crippen LogP contribution is 2.12. The summed E-state index contributed by atoms with van der Waals surface area (Å²) in [5.74, 6) is 0. The molecule has 1 aromatic carbocycles. The standard InChI is InChI=1S/C12H20N2/c1-13-10-4-5-11-6-8-12(9-7-11)14(2)3/h6-9,13H,4-5,10H2,1-3H3. The van der Waals surface area contributed by atoms with Crippen LogP contribution in [0.4, 0.5) is 5.69 Å². The second-order valence-electron chi connectivity index (χ2n) is 3.77. The Morgan fingerprint density at radius 1 is 1.14 bits per heavy atom. The number of hydrogen-bond acceptors (Lipinski definition) is 2. The summed E-state index contributed by atoms with van der Waals surface area (Å²) in [5.41, 5.74) is 2.69. The van der Waals surface area contributed by atoms with Crippen LogP contribution < -0.4 is 10.2 Å². The highest BCUT2D eigenvalue weighted by molar-refractivity contribution is 5.45. The van der Waals surface area contributed by atoms with E-state index in [1.54, 1.807) is 0 Å². The molecule has 0 aromatic heterocycles. The molecule has 0 spiro atoms. The SMILES string of the molecule is CNCCCc1ccc(N(C)C)cc1. The summed E-state index contributed by atoms with van der Waals surface area (Å²) in [6, 6.07) is 8.78. The molecule has 0 aliphatic heterocycles. The van der Waals surface area contributed by atoms with Gasteiger partial charge in [-0.05, 0) is 44.1 Å². The normalized spacial score (nSPS) is 10.2. The first kappa shape index (κ1) is 11.1. The third-order valence-corrected chi connectivity index (χ3v) is 2.34. The molecule has 0 atom stereocenters. The maximum absolute atomic E-state index is 3.16. The van der Waals surface area contributed by atoms with Gasteiger partial charge in [0.1, 0.15) is 0 Å². The lowest BCUT2D eigenvalue weighted by Gasteiger charge is -2.12. The lowest BCUT2D eigenvalue weighted by Crippen LogP contribution is -2.09. The number of rotatable bonds is 5. The average molecular weight is 192 g/mol. The van der Waals surface area contributed by atoms with Gasteiger partial charge in [-0.25, -0.2) is 0 Å². The summed E-state index contributed by atoms with van der Waals surface area (Å²) in [6.45, 7) is 1.09. The topological polar surface area (TPSA) is 15.3 Å². The minimum atomic E-state index is 1.09. The summed E-state index contributed by atoms with van der Waals surface area (Å²) in [6.07, 6.45) is 2.37. The fraction of sp³-hybridized carbons (Fsp3) is 0.500. The van der Waals surface area contributed by atoms with Crippen molar-refractivity contribution in [3.05, 3.63) is 29.8 Å². The first-order valence-electron chi connectivity index (χ1n) is 5.15. The Kier molecular flexibility index (Phi) is 4.47. The molecule has 1 N–H and O–H groups in total. The van der Waals surface area contributed by atoms with Crippen molar-refractivity contribution in [1.29, 1.82) is 0 Å². The van der Waals surface area contributed by atoms with Crippen LogP contribution in [0.25, 0.3) is 0 Å². The van der Waals surface area contributed by atoms with E-state index in [1.807, 2.05) is 7.05 Å². The fourth-order valence-corrected chi connectivity index (χ4v) is 1.43. The number of nitrogens with one attached hydrogen (secondary N) is 1. The van der Waals surface area contributed by atoms with E-state index >= 15 is 0 Å². The van der Waals surface area contributed by atoms with Gasteiger partial charge in [0.2, 0.25) is 0 Å².